The van der Waals surface area contributed by atoms with Crippen molar-refractivity contribution in [2.75, 3.05) is 6.61 Å². The van der Waals surface area contributed by atoms with Crippen LogP contribution in [-0.4, -0.2) is 11.8 Å². The lowest BCUT2D eigenvalue weighted by Crippen LogP contribution is -2.07. The maximum Gasteiger partial charge on any atom is 0.127 e. The summed E-state index contributed by atoms with van der Waals surface area (Å²) in [4.78, 5) is 0. The number of halogens is 1. The molecule has 0 fully saturated rings. The van der Waals surface area contributed by atoms with E-state index in [1.165, 1.54) is 0 Å². The number of ether oxygens (including phenoxy) is 1. The van der Waals surface area contributed by atoms with Crippen molar-refractivity contribution in [1.29, 1.82) is 0 Å². The van der Waals surface area contributed by atoms with Gasteiger partial charge in [0.05, 0.1) is 6.61 Å². The molecule has 1 aromatic rings. The minimum Gasteiger partial charge on any atom is -0.493 e. The first-order valence-electron chi connectivity index (χ1n) is 4.12. The molecule has 70 valence electrons. The highest BCUT2D eigenvalue weighted by atomic mass is 35.5. The van der Waals surface area contributed by atoms with Crippen LogP contribution in [0.3, 0.4) is 0 Å². The molecule has 0 atom stereocenters. The smallest absolute Gasteiger partial charge is 0.127 e. The zero-order chi connectivity index (χ0) is 9.26. The summed E-state index contributed by atoms with van der Waals surface area (Å²) < 4.78 is 5.43. The van der Waals surface area contributed by atoms with Crippen molar-refractivity contribution in [3.63, 3.8) is 0 Å². The van der Waals surface area contributed by atoms with Gasteiger partial charge in [0.25, 0.3) is 0 Å². The van der Waals surface area contributed by atoms with Gasteiger partial charge in [-0.15, -0.1) is 0 Å². The maximum atomic E-state index is 8.59. The van der Waals surface area contributed by atoms with Crippen molar-refractivity contribution in [3.05, 3.63) is 28.3 Å². The van der Waals surface area contributed by atoms with Gasteiger partial charge in [0.15, 0.2) is 0 Å². The van der Waals surface area contributed by atoms with E-state index in [2.05, 4.69) is 5.48 Å². The minimum absolute atomic E-state index is 0.364. The van der Waals surface area contributed by atoms with Crippen LogP contribution in [0.5, 0.6) is 5.75 Å². The predicted molar refractivity (Wildman–Crippen MR) is 49.3 cm³/mol. The number of benzene rings is 1. The molecule has 1 aromatic carbocycles. The first-order valence-corrected chi connectivity index (χ1v) is 4.50. The zero-order valence-electron chi connectivity index (χ0n) is 7.01. The molecule has 0 unspecified atom stereocenters. The summed E-state index contributed by atoms with van der Waals surface area (Å²) in [7, 11) is 0. The van der Waals surface area contributed by atoms with Crippen molar-refractivity contribution in [1.82, 2.24) is 5.48 Å². The Bertz CT molecular complexity index is 328. The Hall–Kier alpha value is -0.770. The molecule has 1 aliphatic rings. The lowest BCUT2D eigenvalue weighted by atomic mass is 10.1. The summed E-state index contributed by atoms with van der Waals surface area (Å²) in [5.41, 5.74) is 4.13. The monoisotopic (exact) mass is 199 g/mol. The summed E-state index contributed by atoms with van der Waals surface area (Å²) in [6.07, 6.45) is 0.897. The van der Waals surface area contributed by atoms with Crippen molar-refractivity contribution in [2.45, 2.75) is 13.0 Å². The van der Waals surface area contributed by atoms with Gasteiger partial charge >= 0.3 is 0 Å². The van der Waals surface area contributed by atoms with E-state index in [0.29, 0.717) is 18.2 Å². The van der Waals surface area contributed by atoms with Gasteiger partial charge in [0.1, 0.15) is 5.75 Å². The lowest BCUT2D eigenvalue weighted by molar-refractivity contribution is 0.160. The van der Waals surface area contributed by atoms with Crippen LogP contribution in [-0.2, 0) is 13.0 Å². The molecule has 0 radical (unpaired) electrons. The molecule has 0 saturated carbocycles. The Morgan fingerprint density at radius 2 is 2.38 bits per heavy atom. The molecular weight excluding hydrogens is 190 g/mol. The number of hydroxylamine groups is 1. The average Bonchev–Trinajstić information content (AvgIpc) is 2.52. The van der Waals surface area contributed by atoms with E-state index in [1.54, 1.807) is 6.07 Å². The summed E-state index contributed by atoms with van der Waals surface area (Å²) in [5, 5.41) is 9.28. The van der Waals surface area contributed by atoms with Gasteiger partial charge in [-0.3, -0.25) is 0 Å². The molecule has 0 saturated heterocycles. The van der Waals surface area contributed by atoms with E-state index in [1.807, 2.05) is 6.07 Å². The Labute approximate surface area is 81.2 Å². The molecule has 0 aliphatic carbocycles. The average molecular weight is 200 g/mol. The van der Waals surface area contributed by atoms with Crippen LogP contribution in [0.25, 0.3) is 0 Å². The number of rotatable bonds is 2. The van der Waals surface area contributed by atoms with E-state index in [0.717, 1.165) is 23.3 Å². The van der Waals surface area contributed by atoms with Crippen LogP contribution in [0.15, 0.2) is 12.1 Å². The number of nitrogens with one attached hydrogen (secondary N) is 1. The third-order valence-corrected chi connectivity index (χ3v) is 2.31. The van der Waals surface area contributed by atoms with Gasteiger partial charge in [-0.25, -0.2) is 5.48 Å². The number of hydrogen-bond acceptors (Lipinski definition) is 3. The molecular formula is C9H10ClNO2. The Morgan fingerprint density at radius 1 is 1.54 bits per heavy atom. The fourth-order valence-electron chi connectivity index (χ4n) is 1.56. The van der Waals surface area contributed by atoms with Gasteiger partial charge in [-0.05, 0) is 17.7 Å². The van der Waals surface area contributed by atoms with Crippen LogP contribution in [0.2, 0.25) is 5.02 Å². The molecule has 13 heavy (non-hydrogen) atoms. The Morgan fingerprint density at radius 3 is 3.15 bits per heavy atom. The molecule has 0 spiro atoms. The molecule has 3 nitrogen and oxygen atoms in total. The van der Waals surface area contributed by atoms with Gasteiger partial charge < -0.3 is 9.94 Å². The second-order valence-electron chi connectivity index (χ2n) is 2.99. The maximum absolute atomic E-state index is 8.59. The van der Waals surface area contributed by atoms with Crippen LogP contribution < -0.4 is 10.2 Å². The fourth-order valence-corrected chi connectivity index (χ4v) is 1.83. The van der Waals surface area contributed by atoms with Crippen molar-refractivity contribution in [3.8, 4) is 5.75 Å². The topological polar surface area (TPSA) is 41.5 Å². The first-order chi connectivity index (χ1) is 6.31. The molecule has 0 bridgehead atoms. The number of hydrogen-bond donors (Lipinski definition) is 2. The summed E-state index contributed by atoms with van der Waals surface area (Å²) >= 11 is 5.90. The molecule has 0 amide bonds. The lowest BCUT2D eigenvalue weighted by Gasteiger charge is -2.07. The summed E-state index contributed by atoms with van der Waals surface area (Å²) in [5.74, 6) is 0.867. The largest absolute Gasteiger partial charge is 0.493 e. The van der Waals surface area contributed by atoms with E-state index in [-0.39, 0.29) is 0 Å². The van der Waals surface area contributed by atoms with Gasteiger partial charge in [0.2, 0.25) is 0 Å². The van der Waals surface area contributed by atoms with Crippen molar-refractivity contribution in [2.24, 2.45) is 0 Å². The van der Waals surface area contributed by atoms with Crippen molar-refractivity contribution < 1.29 is 9.94 Å². The van der Waals surface area contributed by atoms with E-state index >= 15 is 0 Å². The van der Waals surface area contributed by atoms with Gasteiger partial charge in [-0.1, -0.05) is 11.6 Å². The Kier molecular flexibility index (Phi) is 2.40. The van der Waals surface area contributed by atoms with Crippen LogP contribution in [0, 0.1) is 0 Å². The second kappa shape index (κ2) is 3.54. The highest BCUT2D eigenvalue weighted by Crippen LogP contribution is 2.32. The van der Waals surface area contributed by atoms with Crippen molar-refractivity contribution >= 4 is 11.6 Å². The zero-order valence-corrected chi connectivity index (χ0v) is 7.77. The SMILES string of the molecule is ONCc1cc(Cl)cc2c1OCC2. The van der Waals surface area contributed by atoms with E-state index < -0.39 is 0 Å². The molecule has 1 heterocycles. The Balaban J connectivity index is 2.43. The van der Waals surface area contributed by atoms with Gasteiger partial charge in [-0.2, -0.15) is 0 Å². The van der Waals surface area contributed by atoms with Crippen LogP contribution in [0.4, 0.5) is 0 Å². The quantitative estimate of drug-likeness (QED) is 0.714. The van der Waals surface area contributed by atoms with Crippen LogP contribution >= 0.6 is 11.6 Å². The number of fused-ring (bicyclic) bond motifs is 1. The highest BCUT2D eigenvalue weighted by Gasteiger charge is 2.16. The molecule has 4 heteroatoms. The second-order valence-corrected chi connectivity index (χ2v) is 3.42. The third-order valence-electron chi connectivity index (χ3n) is 2.09. The summed E-state index contributed by atoms with van der Waals surface area (Å²) in [6, 6.07) is 3.71. The third kappa shape index (κ3) is 1.63. The molecule has 2 rings (SSSR count). The first kappa shape index (κ1) is 8.81. The highest BCUT2D eigenvalue weighted by molar-refractivity contribution is 6.30. The van der Waals surface area contributed by atoms with E-state index in [4.69, 9.17) is 21.5 Å². The molecule has 0 aromatic heterocycles. The van der Waals surface area contributed by atoms with E-state index in [9.17, 15) is 0 Å². The normalized spacial score (nSPS) is 14.0. The molecule has 1 aliphatic heterocycles. The van der Waals surface area contributed by atoms with Gasteiger partial charge in [0, 0.05) is 23.6 Å². The predicted octanol–water partition coefficient (Wildman–Crippen LogP) is 1.75. The summed E-state index contributed by atoms with van der Waals surface area (Å²) in [6.45, 7) is 1.07. The van der Waals surface area contributed by atoms with Crippen LogP contribution in [0.1, 0.15) is 11.1 Å². The molecule has 2 N–H and O–H groups in total. The fraction of sp³-hybridized carbons (Fsp3) is 0.333. The standard InChI is InChI=1S/C9H10ClNO2/c10-8-3-6-1-2-13-9(6)7(4-8)5-11-12/h3-4,11-12H,1-2,5H2. The minimum atomic E-state index is 0.364.